The highest BCUT2D eigenvalue weighted by Crippen LogP contribution is 2.70. The highest BCUT2D eigenvalue weighted by molar-refractivity contribution is 9.10. The van der Waals surface area contributed by atoms with Gasteiger partial charge >= 0.3 is 6.55 Å². The molecule has 0 bridgehead atoms. The molecule has 0 N–H and O–H groups in total. The van der Waals surface area contributed by atoms with Gasteiger partial charge in [0.25, 0.3) is 0 Å². The van der Waals surface area contributed by atoms with Crippen LogP contribution in [0.4, 0.5) is 8.78 Å². The Morgan fingerprint density at radius 2 is 2.00 bits per heavy atom. The predicted molar refractivity (Wildman–Crippen MR) is 77.1 cm³/mol. The third kappa shape index (κ3) is 1.95. The van der Waals surface area contributed by atoms with Crippen LogP contribution in [0.2, 0.25) is 0 Å². The van der Waals surface area contributed by atoms with Crippen molar-refractivity contribution < 1.29 is 8.78 Å². The Balaban J connectivity index is 1.83. The lowest BCUT2D eigenvalue weighted by Gasteiger charge is -2.48. The van der Waals surface area contributed by atoms with Gasteiger partial charge in [0.2, 0.25) is 0 Å². The Bertz CT molecular complexity index is 686. The van der Waals surface area contributed by atoms with E-state index in [9.17, 15) is 8.78 Å². The zero-order chi connectivity index (χ0) is 14.7. The van der Waals surface area contributed by atoms with Gasteiger partial charge in [-0.1, -0.05) is 28.1 Å². The van der Waals surface area contributed by atoms with Crippen molar-refractivity contribution >= 4 is 15.9 Å². The molecule has 1 aromatic carbocycles. The van der Waals surface area contributed by atoms with Crippen LogP contribution in [-0.2, 0) is 5.41 Å². The maximum atomic E-state index is 13.2. The summed E-state index contributed by atoms with van der Waals surface area (Å²) < 4.78 is 28.3. The van der Waals surface area contributed by atoms with Crippen molar-refractivity contribution in [2.75, 3.05) is 0 Å². The fourth-order valence-corrected chi connectivity index (χ4v) is 4.16. The van der Waals surface area contributed by atoms with E-state index < -0.39 is 12.0 Å². The molecule has 1 heterocycles. The molecule has 2 aliphatic carbocycles. The third-order valence-electron chi connectivity index (χ3n) is 4.90. The van der Waals surface area contributed by atoms with Crippen LogP contribution in [0.15, 0.2) is 35.1 Å². The summed E-state index contributed by atoms with van der Waals surface area (Å²) in [6, 6.07) is 7.91. The van der Waals surface area contributed by atoms with E-state index in [0.717, 1.165) is 33.8 Å². The lowest BCUT2D eigenvalue weighted by molar-refractivity contribution is 0.0517. The van der Waals surface area contributed by atoms with E-state index in [1.807, 2.05) is 24.3 Å². The summed E-state index contributed by atoms with van der Waals surface area (Å²) >= 11 is 3.47. The zero-order valence-corrected chi connectivity index (χ0v) is 12.9. The topological polar surface area (TPSA) is 30.7 Å². The molecule has 6 heteroatoms. The molecule has 0 amide bonds. The lowest BCUT2D eigenvalue weighted by atomic mass is 9.56. The minimum atomic E-state index is -2.60. The molecule has 110 valence electrons. The van der Waals surface area contributed by atoms with Gasteiger partial charge in [-0.05, 0) is 48.8 Å². The van der Waals surface area contributed by atoms with Crippen molar-refractivity contribution in [1.82, 2.24) is 14.8 Å². The highest BCUT2D eigenvalue weighted by atomic mass is 79.9. The van der Waals surface area contributed by atoms with E-state index >= 15 is 0 Å². The normalized spacial score (nSPS) is 21.5. The molecule has 3 nitrogen and oxygen atoms in total. The second kappa shape index (κ2) is 4.35. The second-order valence-electron chi connectivity index (χ2n) is 6.29. The molecule has 0 radical (unpaired) electrons. The molecule has 2 aromatic rings. The first-order valence-corrected chi connectivity index (χ1v) is 7.78. The molecule has 0 aliphatic heterocycles. The van der Waals surface area contributed by atoms with Gasteiger partial charge in [0.1, 0.15) is 12.2 Å². The van der Waals surface area contributed by atoms with Crippen LogP contribution in [0.1, 0.15) is 43.6 Å². The Labute approximate surface area is 129 Å². The summed E-state index contributed by atoms with van der Waals surface area (Å²) in [5.74, 6) is 0.396. The molecule has 1 aromatic heterocycles. The van der Waals surface area contributed by atoms with Crippen LogP contribution in [0.3, 0.4) is 0 Å². The standard InChI is InChI=1S/C15H14BrF2N3/c16-11-3-1-2-10(6-11)15(7-14(8-15)4-5-14)12-20-19-9-21(12)13(17)18/h1-3,6,9,13H,4-5,7-8H2. The number of aromatic nitrogens is 3. The van der Waals surface area contributed by atoms with Crippen molar-refractivity contribution in [3.63, 3.8) is 0 Å². The molecular weight excluding hydrogens is 340 g/mol. The maximum absolute atomic E-state index is 13.2. The van der Waals surface area contributed by atoms with Crippen molar-refractivity contribution in [2.45, 2.75) is 37.6 Å². The maximum Gasteiger partial charge on any atom is 0.321 e. The average molecular weight is 354 g/mol. The summed E-state index contributed by atoms with van der Waals surface area (Å²) in [6.45, 7) is -2.60. The van der Waals surface area contributed by atoms with E-state index in [1.165, 1.54) is 12.8 Å². The van der Waals surface area contributed by atoms with Gasteiger partial charge in [-0.3, -0.25) is 4.57 Å². The van der Waals surface area contributed by atoms with Crippen LogP contribution >= 0.6 is 15.9 Å². The minimum absolute atomic E-state index is 0.362. The molecular formula is C15H14BrF2N3. The quantitative estimate of drug-likeness (QED) is 0.823. The lowest BCUT2D eigenvalue weighted by Crippen LogP contribution is -2.45. The number of hydrogen-bond acceptors (Lipinski definition) is 2. The van der Waals surface area contributed by atoms with Crippen molar-refractivity contribution in [3.05, 3.63) is 46.5 Å². The fourth-order valence-electron chi connectivity index (χ4n) is 3.76. The number of rotatable bonds is 3. The first-order chi connectivity index (χ1) is 10.0. The molecule has 2 saturated carbocycles. The van der Waals surface area contributed by atoms with Gasteiger partial charge in [-0.2, -0.15) is 8.78 Å². The molecule has 2 aliphatic rings. The van der Waals surface area contributed by atoms with Gasteiger partial charge < -0.3 is 0 Å². The molecule has 0 saturated heterocycles. The number of halogens is 3. The van der Waals surface area contributed by atoms with Crippen LogP contribution < -0.4 is 0 Å². The van der Waals surface area contributed by atoms with Gasteiger partial charge in [0, 0.05) is 4.47 Å². The fraction of sp³-hybridized carbons (Fsp3) is 0.467. The monoisotopic (exact) mass is 353 g/mol. The van der Waals surface area contributed by atoms with Crippen LogP contribution in [0.25, 0.3) is 0 Å². The van der Waals surface area contributed by atoms with Crippen molar-refractivity contribution in [1.29, 1.82) is 0 Å². The van der Waals surface area contributed by atoms with Crippen molar-refractivity contribution in [3.8, 4) is 0 Å². The van der Waals surface area contributed by atoms with E-state index in [2.05, 4.69) is 26.1 Å². The summed E-state index contributed by atoms with van der Waals surface area (Å²) in [5.41, 5.74) is 0.985. The summed E-state index contributed by atoms with van der Waals surface area (Å²) in [6.07, 6.45) is 5.32. The van der Waals surface area contributed by atoms with Gasteiger partial charge in [-0.15, -0.1) is 10.2 Å². The Kier molecular flexibility index (Phi) is 2.77. The van der Waals surface area contributed by atoms with E-state index in [-0.39, 0.29) is 0 Å². The largest absolute Gasteiger partial charge is 0.321 e. The Morgan fingerprint density at radius 3 is 2.62 bits per heavy atom. The van der Waals surface area contributed by atoms with E-state index in [1.54, 1.807) is 0 Å². The molecule has 4 rings (SSSR count). The summed E-state index contributed by atoms with van der Waals surface area (Å²) in [5, 5.41) is 7.78. The number of benzene rings is 1. The Morgan fingerprint density at radius 1 is 1.24 bits per heavy atom. The van der Waals surface area contributed by atoms with Gasteiger partial charge in [-0.25, -0.2) is 0 Å². The zero-order valence-electron chi connectivity index (χ0n) is 11.3. The first-order valence-electron chi connectivity index (χ1n) is 6.99. The first kappa shape index (κ1) is 13.4. The predicted octanol–water partition coefficient (Wildman–Crippen LogP) is 4.30. The number of nitrogens with zero attached hydrogens (tertiary/aromatic N) is 3. The van der Waals surface area contributed by atoms with Crippen LogP contribution in [-0.4, -0.2) is 14.8 Å². The van der Waals surface area contributed by atoms with Crippen LogP contribution in [0.5, 0.6) is 0 Å². The molecule has 0 atom stereocenters. The molecule has 21 heavy (non-hydrogen) atoms. The number of alkyl halides is 2. The summed E-state index contributed by atoms with van der Waals surface area (Å²) in [7, 11) is 0. The minimum Gasteiger partial charge on any atom is -0.258 e. The molecule has 0 unspecified atom stereocenters. The van der Waals surface area contributed by atoms with Crippen LogP contribution in [0, 0.1) is 5.41 Å². The van der Waals surface area contributed by atoms with Crippen molar-refractivity contribution in [2.24, 2.45) is 5.41 Å². The second-order valence-corrected chi connectivity index (χ2v) is 7.20. The molecule has 2 fully saturated rings. The third-order valence-corrected chi connectivity index (χ3v) is 5.39. The Hall–Kier alpha value is -1.30. The highest BCUT2D eigenvalue weighted by Gasteiger charge is 2.64. The van der Waals surface area contributed by atoms with E-state index in [0.29, 0.717) is 11.2 Å². The van der Waals surface area contributed by atoms with Gasteiger partial charge in [0.15, 0.2) is 0 Å². The molecule has 1 spiro atoms. The summed E-state index contributed by atoms with van der Waals surface area (Å²) in [4.78, 5) is 0. The van der Waals surface area contributed by atoms with Gasteiger partial charge in [0.05, 0.1) is 5.41 Å². The smallest absolute Gasteiger partial charge is 0.258 e. The number of hydrogen-bond donors (Lipinski definition) is 0. The van der Waals surface area contributed by atoms with E-state index in [4.69, 9.17) is 0 Å². The average Bonchev–Trinajstić information content (AvgIpc) is 3.04. The SMILES string of the molecule is FC(F)n1cnnc1C1(c2cccc(Br)c2)CC2(CC2)C1.